The third-order valence-corrected chi connectivity index (χ3v) is 1.96. The minimum Gasteiger partial charge on any atom is -0.394 e. The molecule has 0 bridgehead atoms. The number of hydrogen-bond acceptors (Lipinski definition) is 2. The van der Waals surface area contributed by atoms with Gasteiger partial charge in [-0.25, -0.2) is 0 Å². The molecule has 2 heteroatoms. The molecule has 0 unspecified atom stereocenters. The zero-order chi connectivity index (χ0) is 8.27. The number of rotatable bonds is 3. The fourth-order valence-electron chi connectivity index (χ4n) is 1.18. The van der Waals surface area contributed by atoms with E-state index in [2.05, 4.69) is 18.8 Å². The molecule has 0 aromatic carbocycles. The molecule has 1 rings (SSSR count). The van der Waals surface area contributed by atoms with Crippen molar-refractivity contribution in [3.8, 4) is 11.8 Å². The first kappa shape index (κ1) is 8.58. The van der Waals surface area contributed by atoms with Gasteiger partial charge in [-0.15, -0.1) is 11.8 Å². The van der Waals surface area contributed by atoms with Crippen LogP contribution >= 0.6 is 0 Å². The molecule has 0 radical (unpaired) electrons. The van der Waals surface area contributed by atoms with Gasteiger partial charge in [-0.3, -0.25) is 0 Å². The second-order valence-electron chi connectivity index (χ2n) is 2.93. The van der Waals surface area contributed by atoms with Crippen molar-refractivity contribution in [1.82, 2.24) is 0 Å². The van der Waals surface area contributed by atoms with Crippen molar-refractivity contribution in [1.29, 1.82) is 0 Å². The molecular weight excluding hydrogens is 140 g/mol. The van der Waals surface area contributed by atoms with Crippen LogP contribution in [0, 0.1) is 17.8 Å². The summed E-state index contributed by atoms with van der Waals surface area (Å²) in [6, 6.07) is 0. The lowest BCUT2D eigenvalue weighted by molar-refractivity contribution is 0.239. The van der Waals surface area contributed by atoms with Crippen molar-refractivity contribution in [3.05, 3.63) is 0 Å². The molecule has 1 N–H and O–H groups in total. The molecule has 62 valence electrons. The minimum atomic E-state index is 0.0867. The highest BCUT2D eigenvalue weighted by Crippen LogP contribution is 2.30. The van der Waals surface area contributed by atoms with Crippen LogP contribution in [0.4, 0.5) is 0 Å². The topological polar surface area (TPSA) is 32.8 Å². The van der Waals surface area contributed by atoms with Gasteiger partial charge in [0.25, 0.3) is 0 Å². The SMILES string of the molecule is CC#CC[C@@H](C)[C@@H]1O[C@@H]1CO. The van der Waals surface area contributed by atoms with Gasteiger partial charge in [0, 0.05) is 6.42 Å². The predicted octanol–water partition coefficient (Wildman–Crippen LogP) is 0.796. The second-order valence-corrected chi connectivity index (χ2v) is 2.93. The molecule has 0 aliphatic carbocycles. The van der Waals surface area contributed by atoms with Crippen LogP contribution < -0.4 is 0 Å². The summed E-state index contributed by atoms with van der Waals surface area (Å²) in [5.41, 5.74) is 0. The highest BCUT2D eigenvalue weighted by atomic mass is 16.6. The largest absolute Gasteiger partial charge is 0.394 e. The minimum absolute atomic E-state index is 0.0867. The van der Waals surface area contributed by atoms with Crippen molar-refractivity contribution < 1.29 is 9.84 Å². The Kier molecular flexibility index (Phi) is 2.92. The van der Waals surface area contributed by atoms with Crippen LogP contribution in [0.5, 0.6) is 0 Å². The molecule has 1 aliphatic rings. The molecule has 1 aliphatic heterocycles. The highest BCUT2D eigenvalue weighted by Gasteiger charge is 2.41. The van der Waals surface area contributed by atoms with E-state index in [1.165, 1.54) is 0 Å². The molecule has 0 aromatic rings. The maximum Gasteiger partial charge on any atom is 0.107 e. The molecule has 11 heavy (non-hydrogen) atoms. The number of aliphatic hydroxyl groups is 1. The third kappa shape index (κ3) is 2.21. The third-order valence-electron chi connectivity index (χ3n) is 1.96. The van der Waals surface area contributed by atoms with Crippen LogP contribution in [-0.4, -0.2) is 23.9 Å². The molecule has 3 atom stereocenters. The normalized spacial score (nSPS) is 30.5. The average molecular weight is 154 g/mol. The Bertz CT molecular complexity index is 178. The van der Waals surface area contributed by atoms with E-state index in [0.29, 0.717) is 5.92 Å². The standard InChI is InChI=1S/C9H14O2/c1-3-4-5-7(2)9-8(6-10)11-9/h7-10H,5-6H2,1-2H3/t7-,8-,9+/m1/s1. The maximum atomic E-state index is 8.69. The molecular formula is C9H14O2. The molecule has 0 spiro atoms. The summed E-state index contributed by atoms with van der Waals surface area (Å²) in [4.78, 5) is 0. The van der Waals surface area contributed by atoms with E-state index >= 15 is 0 Å². The molecule has 2 nitrogen and oxygen atoms in total. The van der Waals surface area contributed by atoms with Gasteiger partial charge < -0.3 is 9.84 Å². The Hall–Kier alpha value is -0.520. The molecule has 0 saturated carbocycles. The molecule has 0 amide bonds. The van der Waals surface area contributed by atoms with E-state index < -0.39 is 0 Å². The van der Waals surface area contributed by atoms with Gasteiger partial charge in [-0.2, -0.15) is 0 Å². The fraction of sp³-hybridized carbons (Fsp3) is 0.778. The summed E-state index contributed by atoms with van der Waals surface area (Å²) in [5, 5.41) is 8.69. The molecule has 0 aromatic heterocycles. The Balaban J connectivity index is 2.20. The van der Waals surface area contributed by atoms with E-state index in [9.17, 15) is 0 Å². The number of aliphatic hydroxyl groups excluding tert-OH is 1. The zero-order valence-corrected chi connectivity index (χ0v) is 7.00. The van der Waals surface area contributed by atoms with Gasteiger partial charge in [0.1, 0.15) is 6.10 Å². The van der Waals surface area contributed by atoms with Crippen LogP contribution in [0.25, 0.3) is 0 Å². The maximum absolute atomic E-state index is 8.69. The Labute approximate surface area is 67.6 Å². The van der Waals surface area contributed by atoms with Crippen LogP contribution in [-0.2, 0) is 4.74 Å². The smallest absolute Gasteiger partial charge is 0.107 e. The van der Waals surface area contributed by atoms with E-state index in [0.717, 1.165) is 6.42 Å². The average Bonchev–Trinajstić information content (AvgIpc) is 2.78. The number of hydrogen-bond donors (Lipinski definition) is 1. The lowest BCUT2D eigenvalue weighted by Crippen LogP contribution is -2.08. The predicted molar refractivity (Wildman–Crippen MR) is 43.0 cm³/mol. The summed E-state index contributed by atoms with van der Waals surface area (Å²) >= 11 is 0. The van der Waals surface area contributed by atoms with Crippen molar-refractivity contribution in [2.45, 2.75) is 32.5 Å². The van der Waals surface area contributed by atoms with Gasteiger partial charge in [0.2, 0.25) is 0 Å². The first-order valence-corrected chi connectivity index (χ1v) is 3.95. The fourth-order valence-corrected chi connectivity index (χ4v) is 1.18. The second kappa shape index (κ2) is 3.75. The van der Waals surface area contributed by atoms with E-state index in [4.69, 9.17) is 9.84 Å². The Morgan fingerprint density at radius 2 is 2.36 bits per heavy atom. The van der Waals surface area contributed by atoms with E-state index in [1.807, 2.05) is 6.92 Å². The van der Waals surface area contributed by atoms with Gasteiger partial charge >= 0.3 is 0 Å². The highest BCUT2D eigenvalue weighted by molar-refractivity contribution is 5.00. The van der Waals surface area contributed by atoms with Crippen molar-refractivity contribution >= 4 is 0 Å². The lowest BCUT2D eigenvalue weighted by atomic mass is 10.0. The van der Waals surface area contributed by atoms with Crippen molar-refractivity contribution in [2.75, 3.05) is 6.61 Å². The molecule has 1 fully saturated rings. The number of epoxide rings is 1. The van der Waals surface area contributed by atoms with Gasteiger partial charge in [-0.05, 0) is 12.8 Å². The van der Waals surface area contributed by atoms with E-state index in [1.54, 1.807) is 0 Å². The zero-order valence-electron chi connectivity index (χ0n) is 7.00. The van der Waals surface area contributed by atoms with Crippen LogP contribution in [0.3, 0.4) is 0 Å². The summed E-state index contributed by atoms with van der Waals surface area (Å²) < 4.78 is 5.21. The van der Waals surface area contributed by atoms with E-state index in [-0.39, 0.29) is 18.8 Å². The van der Waals surface area contributed by atoms with Crippen molar-refractivity contribution in [2.24, 2.45) is 5.92 Å². The van der Waals surface area contributed by atoms with Crippen molar-refractivity contribution in [3.63, 3.8) is 0 Å². The first-order chi connectivity index (χ1) is 5.29. The summed E-state index contributed by atoms with van der Waals surface area (Å²) in [6.07, 6.45) is 1.21. The monoisotopic (exact) mass is 154 g/mol. The quantitative estimate of drug-likeness (QED) is 0.481. The van der Waals surface area contributed by atoms with Gasteiger partial charge in [-0.1, -0.05) is 6.92 Å². The summed E-state index contributed by atoms with van der Waals surface area (Å²) in [6.45, 7) is 4.09. The summed E-state index contributed by atoms with van der Waals surface area (Å²) in [5.74, 6) is 6.31. The first-order valence-electron chi connectivity index (χ1n) is 3.95. The molecule has 1 saturated heterocycles. The van der Waals surface area contributed by atoms with Crippen LogP contribution in [0.15, 0.2) is 0 Å². The lowest BCUT2D eigenvalue weighted by Gasteiger charge is -2.00. The van der Waals surface area contributed by atoms with Gasteiger partial charge in [0.15, 0.2) is 0 Å². The Morgan fingerprint density at radius 1 is 1.64 bits per heavy atom. The number of ether oxygens (including phenoxy) is 1. The van der Waals surface area contributed by atoms with Crippen LogP contribution in [0.1, 0.15) is 20.3 Å². The summed E-state index contributed by atoms with van der Waals surface area (Å²) in [7, 11) is 0. The molecule has 1 heterocycles. The Morgan fingerprint density at radius 3 is 2.82 bits per heavy atom. The van der Waals surface area contributed by atoms with Gasteiger partial charge in [0.05, 0.1) is 12.7 Å². The van der Waals surface area contributed by atoms with Crippen LogP contribution in [0.2, 0.25) is 0 Å².